The maximum atomic E-state index is 11.6. The van der Waals surface area contributed by atoms with Gasteiger partial charge in [0.1, 0.15) is 0 Å². The summed E-state index contributed by atoms with van der Waals surface area (Å²) in [6.07, 6.45) is 21.4. The average Bonchev–Trinajstić information content (AvgIpc) is 2.76. The molecule has 0 radical (unpaired) electrons. The van der Waals surface area contributed by atoms with Gasteiger partial charge in [-0.3, -0.25) is 0 Å². The SMILES string of the molecule is CCOC(=O)c1ccc(NCCCCCCCCCCCC2CCCCC2)cc1. The second-order valence-corrected chi connectivity index (χ2v) is 8.70. The van der Waals surface area contributed by atoms with E-state index in [1.165, 1.54) is 96.3 Å². The fourth-order valence-electron chi connectivity index (χ4n) is 4.44. The van der Waals surface area contributed by atoms with Crippen LogP contribution in [-0.2, 0) is 4.74 Å². The molecule has 0 unspecified atom stereocenters. The van der Waals surface area contributed by atoms with Crippen LogP contribution in [-0.4, -0.2) is 19.1 Å². The van der Waals surface area contributed by atoms with Crippen LogP contribution in [0.5, 0.6) is 0 Å². The molecule has 0 heterocycles. The molecule has 0 aliphatic heterocycles. The van der Waals surface area contributed by atoms with Crippen LogP contribution in [0.4, 0.5) is 5.69 Å². The van der Waals surface area contributed by atoms with Crippen molar-refractivity contribution in [1.82, 2.24) is 0 Å². The van der Waals surface area contributed by atoms with E-state index in [0.29, 0.717) is 12.2 Å². The molecule has 0 atom stereocenters. The Morgan fingerprint density at radius 2 is 1.45 bits per heavy atom. The lowest BCUT2D eigenvalue weighted by molar-refractivity contribution is 0.0526. The summed E-state index contributed by atoms with van der Waals surface area (Å²) >= 11 is 0. The maximum Gasteiger partial charge on any atom is 0.338 e. The number of hydrogen-bond acceptors (Lipinski definition) is 3. The molecule has 3 nitrogen and oxygen atoms in total. The molecule has 1 fully saturated rings. The second-order valence-electron chi connectivity index (χ2n) is 8.70. The summed E-state index contributed by atoms with van der Waals surface area (Å²) in [6.45, 7) is 3.24. The minimum Gasteiger partial charge on any atom is -0.462 e. The van der Waals surface area contributed by atoms with Gasteiger partial charge in [0.2, 0.25) is 0 Å². The monoisotopic (exact) mass is 401 g/mol. The van der Waals surface area contributed by atoms with Gasteiger partial charge in [0.05, 0.1) is 12.2 Å². The van der Waals surface area contributed by atoms with Crippen molar-refractivity contribution >= 4 is 11.7 Å². The molecule has 3 heteroatoms. The molecule has 1 aromatic carbocycles. The zero-order chi connectivity index (χ0) is 20.6. The molecule has 1 aliphatic rings. The molecule has 0 bridgehead atoms. The van der Waals surface area contributed by atoms with Gasteiger partial charge in [-0.05, 0) is 43.5 Å². The molecule has 0 amide bonds. The normalized spacial score (nSPS) is 14.7. The van der Waals surface area contributed by atoms with Crippen LogP contribution in [0.15, 0.2) is 24.3 Å². The molecule has 0 saturated heterocycles. The summed E-state index contributed by atoms with van der Waals surface area (Å²) in [7, 11) is 0. The molecule has 1 N–H and O–H groups in total. The minimum atomic E-state index is -0.247. The molecular weight excluding hydrogens is 358 g/mol. The lowest BCUT2D eigenvalue weighted by atomic mass is 9.85. The first-order valence-electron chi connectivity index (χ1n) is 12.3. The van der Waals surface area contributed by atoms with E-state index in [2.05, 4.69) is 5.32 Å². The van der Waals surface area contributed by atoms with Crippen molar-refractivity contribution in [2.75, 3.05) is 18.5 Å². The van der Waals surface area contributed by atoms with Crippen LogP contribution in [0, 0.1) is 5.92 Å². The number of rotatable bonds is 15. The zero-order valence-electron chi connectivity index (χ0n) is 18.7. The Hall–Kier alpha value is -1.51. The van der Waals surface area contributed by atoms with E-state index in [4.69, 9.17) is 4.74 Å². The zero-order valence-corrected chi connectivity index (χ0v) is 18.7. The fraction of sp³-hybridized carbons (Fsp3) is 0.731. The Labute approximate surface area is 179 Å². The predicted molar refractivity (Wildman–Crippen MR) is 124 cm³/mol. The Kier molecular flexibility index (Phi) is 12.6. The Morgan fingerprint density at radius 1 is 0.862 bits per heavy atom. The van der Waals surface area contributed by atoms with Gasteiger partial charge in [0, 0.05) is 12.2 Å². The van der Waals surface area contributed by atoms with Gasteiger partial charge in [-0.25, -0.2) is 4.79 Å². The number of esters is 1. The summed E-state index contributed by atoms with van der Waals surface area (Å²) in [4.78, 5) is 11.6. The van der Waals surface area contributed by atoms with Crippen molar-refractivity contribution in [2.24, 2.45) is 5.92 Å². The van der Waals surface area contributed by atoms with Crippen molar-refractivity contribution < 1.29 is 9.53 Å². The number of carbonyl (C=O) groups is 1. The summed E-state index contributed by atoms with van der Waals surface area (Å²) in [6, 6.07) is 7.58. The highest BCUT2D eigenvalue weighted by atomic mass is 16.5. The first-order valence-corrected chi connectivity index (χ1v) is 12.3. The van der Waals surface area contributed by atoms with E-state index in [1.54, 1.807) is 0 Å². The van der Waals surface area contributed by atoms with Crippen LogP contribution in [0.3, 0.4) is 0 Å². The van der Waals surface area contributed by atoms with Gasteiger partial charge in [-0.15, -0.1) is 0 Å². The summed E-state index contributed by atoms with van der Waals surface area (Å²) in [5.41, 5.74) is 1.69. The highest BCUT2D eigenvalue weighted by molar-refractivity contribution is 5.89. The molecule has 2 rings (SSSR count). The van der Waals surface area contributed by atoms with Gasteiger partial charge in [-0.2, -0.15) is 0 Å². The number of benzene rings is 1. The van der Waals surface area contributed by atoms with Crippen molar-refractivity contribution in [3.8, 4) is 0 Å². The summed E-state index contributed by atoms with van der Waals surface area (Å²) < 4.78 is 5.01. The number of unbranched alkanes of at least 4 members (excludes halogenated alkanes) is 8. The van der Waals surface area contributed by atoms with Gasteiger partial charge in [0.25, 0.3) is 0 Å². The number of anilines is 1. The molecule has 0 spiro atoms. The third-order valence-electron chi connectivity index (χ3n) is 6.24. The second kappa shape index (κ2) is 15.3. The Morgan fingerprint density at radius 3 is 2.07 bits per heavy atom. The van der Waals surface area contributed by atoms with Gasteiger partial charge in [0.15, 0.2) is 0 Å². The molecular formula is C26H43NO2. The van der Waals surface area contributed by atoms with E-state index >= 15 is 0 Å². The topological polar surface area (TPSA) is 38.3 Å². The Bertz CT molecular complexity index is 534. The third-order valence-corrected chi connectivity index (χ3v) is 6.24. The van der Waals surface area contributed by atoms with Gasteiger partial charge >= 0.3 is 5.97 Å². The van der Waals surface area contributed by atoms with Crippen LogP contribution in [0.1, 0.15) is 114 Å². The molecule has 29 heavy (non-hydrogen) atoms. The lowest BCUT2D eigenvalue weighted by Crippen LogP contribution is -2.05. The van der Waals surface area contributed by atoms with E-state index in [0.717, 1.165) is 18.2 Å². The molecule has 0 aromatic heterocycles. The minimum absolute atomic E-state index is 0.247. The van der Waals surface area contributed by atoms with Crippen molar-refractivity contribution in [2.45, 2.75) is 103 Å². The van der Waals surface area contributed by atoms with Crippen LogP contribution >= 0.6 is 0 Å². The van der Waals surface area contributed by atoms with Crippen LogP contribution < -0.4 is 5.32 Å². The van der Waals surface area contributed by atoms with E-state index in [9.17, 15) is 4.79 Å². The van der Waals surface area contributed by atoms with E-state index < -0.39 is 0 Å². The largest absolute Gasteiger partial charge is 0.462 e. The van der Waals surface area contributed by atoms with Crippen LogP contribution in [0.2, 0.25) is 0 Å². The Balaban J connectivity index is 1.36. The first-order chi connectivity index (χ1) is 14.3. The average molecular weight is 402 g/mol. The molecule has 164 valence electrons. The quantitative estimate of drug-likeness (QED) is 0.241. The van der Waals surface area contributed by atoms with Gasteiger partial charge < -0.3 is 10.1 Å². The van der Waals surface area contributed by atoms with E-state index in [-0.39, 0.29) is 5.97 Å². The summed E-state index contributed by atoms with van der Waals surface area (Å²) in [5, 5.41) is 3.44. The highest BCUT2D eigenvalue weighted by Crippen LogP contribution is 2.28. The van der Waals surface area contributed by atoms with Crippen molar-refractivity contribution in [1.29, 1.82) is 0 Å². The number of carbonyl (C=O) groups excluding carboxylic acids is 1. The van der Waals surface area contributed by atoms with Gasteiger partial charge in [-0.1, -0.05) is 89.9 Å². The van der Waals surface area contributed by atoms with Crippen LogP contribution in [0.25, 0.3) is 0 Å². The number of nitrogens with one attached hydrogen (secondary N) is 1. The first kappa shape index (κ1) is 23.8. The standard InChI is InChI=1S/C26H43NO2/c1-2-29-26(28)24-18-20-25(21-19-24)27-22-14-9-7-5-3-4-6-8-11-15-23-16-12-10-13-17-23/h18-21,23,27H,2-17,22H2,1H3. The highest BCUT2D eigenvalue weighted by Gasteiger charge is 2.12. The molecule has 1 aliphatic carbocycles. The van der Waals surface area contributed by atoms with Crippen molar-refractivity contribution in [3.63, 3.8) is 0 Å². The predicted octanol–water partition coefficient (Wildman–Crippen LogP) is 7.76. The maximum absolute atomic E-state index is 11.6. The number of ether oxygens (including phenoxy) is 1. The molecule has 1 saturated carbocycles. The third kappa shape index (κ3) is 10.7. The van der Waals surface area contributed by atoms with Crippen molar-refractivity contribution in [3.05, 3.63) is 29.8 Å². The van der Waals surface area contributed by atoms with E-state index in [1.807, 2.05) is 31.2 Å². The lowest BCUT2D eigenvalue weighted by Gasteiger charge is -2.21. The number of hydrogen-bond donors (Lipinski definition) is 1. The smallest absolute Gasteiger partial charge is 0.338 e. The molecule has 1 aromatic rings. The summed E-state index contributed by atoms with van der Waals surface area (Å²) in [5.74, 6) is 0.816. The fourth-order valence-corrected chi connectivity index (χ4v) is 4.44.